The Bertz CT molecular complexity index is 389. The van der Waals surface area contributed by atoms with Crippen molar-refractivity contribution in [3.05, 3.63) is 12.2 Å². The SMILES string of the molecule is CCC(C(=O)NCCCc1ncn[nH]1)C(N)=NO. The lowest BCUT2D eigenvalue weighted by molar-refractivity contribution is -0.123. The topological polar surface area (TPSA) is 129 Å². The average Bonchev–Trinajstić information content (AvgIpc) is 2.88. The predicted octanol–water partition coefficient (Wildman–Crippen LogP) is -0.374. The molecule has 0 fully saturated rings. The number of amidine groups is 1. The first-order valence-electron chi connectivity index (χ1n) is 5.78. The van der Waals surface area contributed by atoms with Gasteiger partial charge < -0.3 is 16.3 Å². The van der Waals surface area contributed by atoms with Gasteiger partial charge in [0.15, 0.2) is 5.84 Å². The lowest BCUT2D eigenvalue weighted by Crippen LogP contribution is -2.39. The molecule has 8 nitrogen and oxygen atoms in total. The summed E-state index contributed by atoms with van der Waals surface area (Å²) < 4.78 is 0. The van der Waals surface area contributed by atoms with E-state index < -0.39 is 5.92 Å². The maximum atomic E-state index is 11.7. The Kier molecular flexibility index (Phi) is 5.62. The Morgan fingerprint density at radius 2 is 2.50 bits per heavy atom. The Labute approximate surface area is 105 Å². The number of carbonyl (C=O) groups excluding carboxylic acids is 1. The second-order valence-corrected chi connectivity index (χ2v) is 3.81. The third-order valence-electron chi connectivity index (χ3n) is 2.55. The average molecular weight is 254 g/mol. The number of H-pyrrole nitrogens is 1. The van der Waals surface area contributed by atoms with Crippen molar-refractivity contribution in [2.75, 3.05) is 6.54 Å². The van der Waals surface area contributed by atoms with E-state index in [2.05, 4.69) is 25.7 Å². The number of carbonyl (C=O) groups is 1. The van der Waals surface area contributed by atoms with E-state index in [4.69, 9.17) is 10.9 Å². The normalized spacial score (nSPS) is 13.3. The van der Waals surface area contributed by atoms with Crippen LogP contribution >= 0.6 is 0 Å². The molecule has 0 aliphatic carbocycles. The fraction of sp³-hybridized carbons (Fsp3) is 0.600. The zero-order chi connectivity index (χ0) is 13.4. The van der Waals surface area contributed by atoms with Crippen molar-refractivity contribution < 1.29 is 10.0 Å². The van der Waals surface area contributed by atoms with E-state index in [1.165, 1.54) is 6.33 Å². The number of amides is 1. The number of oxime groups is 1. The molecule has 0 aliphatic rings. The molecule has 0 aliphatic heterocycles. The van der Waals surface area contributed by atoms with Crippen LogP contribution in [0.25, 0.3) is 0 Å². The number of nitrogens with zero attached hydrogens (tertiary/aromatic N) is 3. The Balaban J connectivity index is 2.27. The van der Waals surface area contributed by atoms with Gasteiger partial charge in [-0.15, -0.1) is 0 Å². The van der Waals surface area contributed by atoms with E-state index in [-0.39, 0.29) is 11.7 Å². The highest BCUT2D eigenvalue weighted by Crippen LogP contribution is 2.02. The summed E-state index contributed by atoms with van der Waals surface area (Å²) in [5.41, 5.74) is 5.43. The summed E-state index contributed by atoms with van der Waals surface area (Å²) in [5.74, 6) is -0.0939. The molecule has 5 N–H and O–H groups in total. The lowest BCUT2D eigenvalue weighted by atomic mass is 10.0. The largest absolute Gasteiger partial charge is 0.409 e. The molecule has 1 aromatic rings. The monoisotopic (exact) mass is 254 g/mol. The van der Waals surface area contributed by atoms with Gasteiger partial charge in [-0.1, -0.05) is 12.1 Å². The van der Waals surface area contributed by atoms with E-state index in [0.717, 1.165) is 12.2 Å². The molecule has 8 heteroatoms. The van der Waals surface area contributed by atoms with Crippen LogP contribution in [0.1, 0.15) is 25.6 Å². The van der Waals surface area contributed by atoms with Gasteiger partial charge >= 0.3 is 0 Å². The van der Waals surface area contributed by atoms with Gasteiger partial charge in [-0.25, -0.2) is 4.98 Å². The molecule has 0 spiro atoms. The van der Waals surface area contributed by atoms with Crippen molar-refractivity contribution >= 4 is 11.7 Å². The summed E-state index contributed by atoms with van der Waals surface area (Å²) in [4.78, 5) is 15.7. The molecule has 100 valence electrons. The van der Waals surface area contributed by atoms with Gasteiger partial charge in [0.05, 0.1) is 5.92 Å². The summed E-state index contributed by atoms with van der Waals surface area (Å²) in [6.07, 6.45) is 3.39. The molecule has 1 atom stereocenters. The molecule has 0 saturated carbocycles. The number of rotatable bonds is 7. The molecule has 1 heterocycles. The van der Waals surface area contributed by atoms with E-state index in [0.29, 0.717) is 19.4 Å². The highest BCUT2D eigenvalue weighted by molar-refractivity contribution is 6.01. The molecular formula is C10H18N6O2. The molecule has 1 rings (SSSR count). The first-order valence-corrected chi connectivity index (χ1v) is 5.78. The first kappa shape index (κ1) is 13.9. The second kappa shape index (κ2) is 7.25. The van der Waals surface area contributed by atoms with Crippen molar-refractivity contribution in [2.45, 2.75) is 26.2 Å². The molecule has 0 aromatic carbocycles. The lowest BCUT2D eigenvalue weighted by Gasteiger charge is -2.12. The van der Waals surface area contributed by atoms with Gasteiger partial charge in [0.25, 0.3) is 0 Å². The number of nitrogens with one attached hydrogen (secondary N) is 2. The molecule has 1 aromatic heterocycles. The number of nitrogens with two attached hydrogens (primary N) is 1. The molecule has 0 bridgehead atoms. The van der Waals surface area contributed by atoms with Crippen LogP contribution in [0.2, 0.25) is 0 Å². The number of aromatic nitrogens is 3. The van der Waals surface area contributed by atoms with Gasteiger partial charge in [0.2, 0.25) is 5.91 Å². The maximum absolute atomic E-state index is 11.7. The minimum atomic E-state index is -0.583. The quantitative estimate of drug-likeness (QED) is 0.173. The van der Waals surface area contributed by atoms with Gasteiger partial charge in [0.1, 0.15) is 12.2 Å². The van der Waals surface area contributed by atoms with Crippen LogP contribution in [0, 0.1) is 5.92 Å². The standard InChI is InChI=1S/C10H18N6O2/c1-2-7(9(11)16-18)10(17)12-5-3-4-8-13-6-14-15-8/h6-7,18H,2-5H2,1H3,(H2,11,16)(H,12,17)(H,13,14,15). The highest BCUT2D eigenvalue weighted by atomic mass is 16.4. The van der Waals surface area contributed by atoms with Crippen molar-refractivity contribution in [3.8, 4) is 0 Å². The van der Waals surface area contributed by atoms with E-state index in [1.807, 2.05) is 0 Å². The van der Waals surface area contributed by atoms with Crippen molar-refractivity contribution in [2.24, 2.45) is 16.8 Å². The summed E-state index contributed by atoms with van der Waals surface area (Å²) >= 11 is 0. The van der Waals surface area contributed by atoms with Crippen molar-refractivity contribution in [1.29, 1.82) is 0 Å². The third-order valence-corrected chi connectivity index (χ3v) is 2.55. The molecule has 1 unspecified atom stereocenters. The van der Waals surface area contributed by atoms with Crippen molar-refractivity contribution in [1.82, 2.24) is 20.5 Å². The van der Waals surface area contributed by atoms with Crippen LogP contribution in [0.15, 0.2) is 11.5 Å². The molecule has 0 saturated heterocycles. The van der Waals surface area contributed by atoms with E-state index in [9.17, 15) is 4.79 Å². The van der Waals surface area contributed by atoms with Gasteiger partial charge in [-0.2, -0.15) is 5.10 Å². The number of hydrogen-bond acceptors (Lipinski definition) is 5. The smallest absolute Gasteiger partial charge is 0.230 e. The number of aryl methyl sites for hydroxylation is 1. The maximum Gasteiger partial charge on any atom is 0.230 e. The van der Waals surface area contributed by atoms with Crippen LogP contribution in [-0.2, 0) is 11.2 Å². The Morgan fingerprint density at radius 3 is 3.06 bits per heavy atom. The van der Waals surface area contributed by atoms with Crippen LogP contribution in [-0.4, -0.2) is 38.7 Å². The molecule has 0 radical (unpaired) electrons. The minimum Gasteiger partial charge on any atom is -0.409 e. The van der Waals surface area contributed by atoms with Crippen LogP contribution in [0.3, 0.4) is 0 Å². The minimum absolute atomic E-state index is 0.0646. The van der Waals surface area contributed by atoms with E-state index in [1.54, 1.807) is 6.92 Å². The summed E-state index contributed by atoms with van der Waals surface area (Å²) in [5, 5.41) is 20.6. The third kappa shape index (κ3) is 4.04. The zero-order valence-electron chi connectivity index (χ0n) is 10.3. The fourth-order valence-electron chi connectivity index (χ4n) is 1.54. The second-order valence-electron chi connectivity index (χ2n) is 3.81. The Hall–Kier alpha value is -2.12. The highest BCUT2D eigenvalue weighted by Gasteiger charge is 2.20. The molecular weight excluding hydrogens is 236 g/mol. The number of hydrogen-bond donors (Lipinski definition) is 4. The van der Waals surface area contributed by atoms with Crippen LogP contribution in [0.4, 0.5) is 0 Å². The summed E-state index contributed by atoms with van der Waals surface area (Å²) in [6.45, 7) is 2.31. The van der Waals surface area contributed by atoms with E-state index >= 15 is 0 Å². The fourth-order valence-corrected chi connectivity index (χ4v) is 1.54. The van der Waals surface area contributed by atoms with Crippen molar-refractivity contribution in [3.63, 3.8) is 0 Å². The van der Waals surface area contributed by atoms with Gasteiger partial charge in [-0.3, -0.25) is 9.89 Å². The summed E-state index contributed by atoms with van der Waals surface area (Å²) in [6, 6.07) is 0. The predicted molar refractivity (Wildman–Crippen MR) is 64.9 cm³/mol. The first-order chi connectivity index (χ1) is 8.69. The number of aromatic amines is 1. The molecule has 1 amide bonds. The summed E-state index contributed by atoms with van der Waals surface area (Å²) in [7, 11) is 0. The van der Waals surface area contributed by atoms with Crippen LogP contribution < -0.4 is 11.1 Å². The van der Waals surface area contributed by atoms with Crippen LogP contribution in [0.5, 0.6) is 0 Å². The Morgan fingerprint density at radius 1 is 1.72 bits per heavy atom. The molecule has 18 heavy (non-hydrogen) atoms. The zero-order valence-corrected chi connectivity index (χ0v) is 10.3. The van der Waals surface area contributed by atoms with Gasteiger partial charge in [0, 0.05) is 13.0 Å². The van der Waals surface area contributed by atoms with Gasteiger partial charge in [-0.05, 0) is 12.8 Å².